The van der Waals surface area contributed by atoms with Gasteiger partial charge in [0.15, 0.2) is 0 Å². The van der Waals surface area contributed by atoms with Crippen molar-refractivity contribution in [1.29, 1.82) is 0 Å². The molecule has 2 heteroatoms. The minimum absolute atomic E-state index is 0.935. The summed E-state index contributed by atoms with van der Waals surface area (Å²) >= 11 is 0. The minimum atomic E-state index is 0.935. The van der Waals surface area contributed by atoms with E-state index in [-0.39, 0.29) is 0 Å². The molecule has 0 aromatic rings. The highest BCUT2D eigenvalue weighted by atomic mass is 17.0. The van der Waals surface area contributed by atoms with Gasteiger partial charge in [-0.15, -0.1) is 0 Å². The molecule has 0 heterocycles. The molecule has 0 bridgehead atoms. The van der Waals surface area contributed by atoms with Gasteiger partial charge in [0.1, 0.15) is 0 Å². The number of hydrogen-bond acceptors (Lipinski definition) is 2. The molecule has 2 unspecified atom stereocenters. The summed E-state index contributed by atoms with van der Waals surface area (Å²) < 4.78 is 0. The van der Waals surface area contributed by atoms with Crippen LogP contribution >= 0.6 is 0 Å². The Morgan fingerprint density at radius 1 is 0.739 bits per heavy atom. The van der Waals surface area contributed by atoms with E-state index in [1.807, 2.05) is 13.8 Å². The molecule has 2 nitrogen and oxygen atoms in total. The summed E-state index contributed by atoms with van der Waals surface area (Å²) in [5.41, 5.74) is 0. The molecule has 2 atom stereocenters. The van der Waals surface area contributed by atoms with Gasteiger partial charge in [0.05, 0.1) is 0 Å². The molecule has 0 radical (unpaired) electrons. The maximum Gasteiger partial charge on any atom is -0.0440 e. The van der Waals surface area contributed by atoms with Gasteiger partial charge in [0.25, 0.3) is 0 Å². The normalized spacial score (nSPS) is 22.2. The Balaban J connectivity index is -0.000000236. The third-order valence-corrected chi connectivity index (χ3v) is 4.85. The van der Waals surface area contributed by atoms with E-state index in [2.05, 4.69) is 34.6 Å². The predicted octanol–water partition coefficient (Wildman–Crippen LogP) is 8.27. The van der Waals surface area contributed by atoms with E-state index in [0.717, 1.165) is 17.8 Å². The lowest BCUT2D eigenvalue weighted by molar-refractivity contribution is -0.176. The lowest BCUT2D eigenvalue weighted by atomic mass is 10.0. The van der Waals surface area contributed by atoms with Crippen LogP contribution in [0.15, 0.2) is 0 Å². The van der Waals surface area contributed by atoms with E-state index in [9.17, 15) is 0 Å². The van der Waals surface area contributed by atoms with Crippen molar-refractivity contribution < 1.29 is 10.5 Å². The van der Waals surface area contributed by atoms with Crippen LogP contribution in [-0.4, -0.2) is 10.5 Å². The quantitative estimate of drug-likeness (QED) is 0.394. The molecule has 2 aliphatic rings. The van der Waals surface area contributed by atoms with Crippen LogP contribution in [-0.2, 0) is 0 Å². The molecule has 0 aromatic carbocycles. The standard InChI is InChI=1S/C7H14.C6H12.C6H14.C2H6.H2O2/c1-6-3-4-7(2)5-6;1-2-4-6-5-3-1;1-4-6(3)5-2;2*1-2/h6-7H,3-5H2,1-2H3;1-6H2;6H,4-5H2,1-3H3;1-2H3;1-2H. The Bertz CT molecular complexity index is 155. The highest BCUT2D eigenvalue weighted by molar-refractivity contribution is 4.68. The maximum atomic E-state index is 6.00. The molecular weight excluding hydrogens is 284 g/mol. The van der Waals surface area contributed by atoms with E-state index < -0.39 is 0 Å². The SMILES string of the molecule is C1CCCCC1.CC.CC1CCC(C)C1.CCC(C)CC.OO. The molecular formula is C21H48O2. The largest absolute Gasteiger partial charge is 0.255 e. The zero-order valence-corrected chi connectivity index (χ0v) is 17.4. The van der Waals surface area contributed by atoms with Crippen LogP contribution in [0.25, 0.3) is 0 Å². The molecule has 2 rings (SSSR count). The first-order chi connectivity index (χ1) is 11.1. The molecule has 2 saturated carbocycles. The van der Waals surface area contributed by atoms with Crippen molar-refractivity contribution in [2.24, 2.45) is 17.8 Å². The van der Waals surface area contributed by atoms with Gasteiger partial charge in [-0.25, -0.2) is 0 Å². The summed E-state index contributed by atoms with van der Waals surface area (Å²) in [6, 6.07) is 0. The van der Waals surface area contributed by atoms with Gasteiger partial charge in [-0.1, -0.05) is 113 Å². The number of hydrogen-bond donors (Lipinski definition) is 2. The lowest BCUT2D eigenvalue weighted by Gasteiger charge is -2.05. The monoisotopic (exact) mass is 332 g/mol. The fourth-order valence-electron chi connectivity index (χ4n) is 2.84. The average Bonchev–Trinajstić information content (AvgIpc) is 3.03. The lowest BCUT2D eigenvalue weighted by Crippen LogP contribution is -1.85. The molecule has 2 fully saturated rings. The summed E-state index contributed by atoms with van der Waals surface area (Å²) in [4.78, 5) is 0. The third kappa shape index (κ3) is 24.3. The van der Waals surface area contributed by atoms with E-state index in [1.165, 1.54) is 70.6 Å². The summed E-state index contributed by atoms with van der Waals surface area (Å²) in [6.07, 6.45) is 16.1. The fraction of sp³-hybridized carbons (Fsp3) is 1.00. The third-order valence-electron chi connectivity index (χ3n) is 4.85. The van der Waals surface area contributed by atoms with Crippen LogP contribution in [0.5, 0.6) is 0 Å². The average molecular weight is 333 g/mol. The summed E-state index contributed by atoms with van der Waals surface area (Å²) in [6.45, 7) is 15.4. The highest BCUT2D eigenvalue weighted by Crippen LogP contribution is 2.29. The van der Waals surface area contributed by atoms with Crippen LogP contribution in [0.2, 0.25) is 0 Å². The molecule has 0 aromatic heterocycles. The first-order valence-electron chi connectivity index (χ1n) is 10.3. The second kappa shape index (κ2) is 24.2. The smallest absolute Gasteiger partial charge is 0.0440 e. The van der Waals surface area contributed by atoms with Crippen molar-refractivity contribution >= 4 is 0 Å². The van der Waals surface area contributed by atoms with E-state index in [4.69, 9.17) is 10.5 Å². The molecule has 23 heavy (non-hydrogen) atoms. The first kappa shape index (κ1) is 27.8. The summed E-state index contributed by atoms with van der Waals surface area (Å²) in [5, 5.41) is 12.0. The molecule has 0 saturated heterocycles. The molecule has 0 spiro atoms. The van der Waals surface area contributed by atoms with E-state index in [0.29, 0.717) is 0 Å². The summed E-state index contributed by atoms with van der Waals surface area (Å²) in [7, 11) is 0. The second-order valence-corrected chi connectivity index (χ2v) is 7.07. The van der Waals surface area contributed by atoms with Gasteiger partial charge in [-0.2, -0.15) is 0 Å². The molecule has 0 amide bonds. The molecule has 144 valence electrons. The first-order valence-corrected chi connectivity index (χ1v) is 10.3. The predicted molar refractivity (Wildman–Crippen MR) is 106 cm³/mol. The van der Waals surface area contributed by atoms with Gasteiger partial charge in [-0.3, -0.25) is 10.5 Å². The molecule has 2 aliphatic carbocycles. The Morgan fingerprint density at radius 2 is 1.00 bits per heavy atom. The van der Waals surface area contributed by atoms with Crippen molar-refractivity contribution in [3.8, 4) is 0 Å². The van der Waals surface area contributed by atoms with Gasteiger partial charge in [0.2, 0.25) is 0 Å². The van der Waals surface area contributed by atoms with Crippen LogP contribution in [0.3, 0.4) is 0 Å². The van der Waals surface area contributed by atoms with E-state index in [1.54, 1.807) is 0 Å². The minimum Gasteiger partial charge on any atom is -0.255 e. The Kier molecular flexibility index (Phi) is 29.2. The fourth-order valence-corrected chi connectivity index (χ4v) is 2.84. The van der Waals surface area contributed by atoms with Crippen LogP contribution in [0.4, 0.5) is 0 Å². The van der Waals surface area contributed by atoms with Gasteiger partial charge < -0.3 is 0 Å². The summed E-state index contributed by atoms with van der Waals surface area (Å²) in [5.74, 6) is 2.98. The van der Waals surface area contributed by atoms with Crippen molar-refractivity contribution in [3.63, 3.8) is 0 Å². The second-order valence-electron chi connectivity index (χ2n) is 7.07. The molecule has 2 N–H and O–H groups in total. The Labute approximate surface area is 148 Å². The van der Waals surface area contributed by atoms with Crippen molar-refractivity contribution in [1.82, 2.24) is 0 Å². The number of rotatable bonds is 2. The van der Waals surface area contributed by atoms with Crippen LogP contribution in [0, 0.1) is 17.8 Å². The maximum absolute atomic E-state index is 6.00. The zero-order valence-electron chi connectivity index (χ0n) is 17.4. The van der Waals surface area contributed by atoms with Crippen molar-refractivity contribution in [2.45, 2.75) is 119 Å². The van der Waals surface area contributed by atoms with E-state index >= 15 is 0 Å². The van der Waals surface area contributed by atoms with Crippen molar-refractivity contribution in [2.75, 3.05) is 0 Å². The van der Waals surface area contributed by atoms with Crippen LogP contribution < -0.4 is 0 Å². The van der Waals surface area contributed by atoms with Crippen molar-refractivity contribution in [3.05, 3.63) is 0 Å². The van der Waals surface area contributed by atoms with Crippen LogP contribution in [0.1, 0.15) is 119 Å². The topological polar surface area (TPSA) is 40.5 Å². The Hall–Kier alpha value is -0.0800. The zero-order chi connectivity index (χ0) is 18.5. The Morgan fingerprint density at radius 3 is 1.09 bits per heavy atom. The molecule has 0 aliphatic heterocycles. The van der Waals surface area contributed by atoms with Gasteiger partial charge in [0, 0.05) is 0 Å². The van der Waals surface area contributed by atoms with Gasteiger partial charge in [-0.05, 0) is 24.2 Å². The van der Waals surface area contributed by atoms with Gasteiger partial charge >= 0.3 is 0 Å². The highest BCUT2D eigenvalue weighted by Gasteiger charge is 2.15.